The molecule has 0 spiro atoms. The lowest BCUT2D eigenvalue weighted by Gasteiger charge is -2.14. The molecule has 1 aliphatic rings. The molecule has 2 aromatic carbocycles. The third-order valence-electron chi connectivity index (χ3n) is 5.09. The predicted molar refractivity (Wildman–Crippen MR) is 131 cm³/mol. The molecule has 0 atom stereocenters. The van der Waals surface area contributed by atoms with Crippen molar-refractivity contribution in [3.05, 3.63) is 75.4 Å². The predicted octanol–water partition coefficient (Wildman–Crippen LogP) is 5.66. The molecule has 1 fully saturated rings. The largest absolute Gasteiger partial charge is 0.497 e. The first-order valence-electron chi connectivity index (χ1n) is 9.86. The average molecular weight is 468 g/mol. The van der Waals surface area contributed by atoms with Crippen LogP contribution in [0.2, 0.25) is 5.02 Å². The summed E-state index contributed by atoms with van der Waals surface area (Å²) >= 11 is 7.55. The number of nitrogens with one attached hydrogen (secondary N) is 1. The van der Waals surface area contributed by atoms with Crippen LogP contribution in [0.4, 0.5) is 5.69 Å². The Bertz CT molecular complexity index is 1250. The van der Waals surface area contributed by atoms with Gasteiger partial charge in [-0.3, -0.25) is 4.79 Å². The highest BCUT2D eigenvalue weighted by Gasteiger charge is 2.25. The van der Waals surface area contributed by atoms with Crippen LogP contribution in [0.5, 0.6) is 11.5 Å². The van der Waals surface area contributed by atoms with Crippen molar-refractivity contribution in [2.45, 2.75) is 13.8 Å². The maximum atomic E-state index is 12.6. The van der Waals surface area contributed by atoms with Crippen molar-refractivity contribution in [2.75, 3.05) is 14.2 Å². The second-order valence-electron chi connectivity index (χ2n) is 7.16. The Balaban J connectivity index is 1.65. The summed E-state index contributed by atoms with van der Waals surface area (Å²) < 4.78 is 12.8. The minimum absolute atomic E-state index is 0.174. The fourth-order valence-corrected chi connectivity index (χ4v) is 4.54. The molecule has 1 amide bonds. The van der Waals surface area contributed by atoms with E-state index in [4.69, 9.17) is 21.1 Å². The minimum Gasteiger partial charge on any atom is -0.497 e. The van der Waals surface area contributed by atoms with Crippen LogP contribution in [0.25, 0.3) is 11.8 Å². The lowest BCUT2D eigenvalue weighted by molar-refractivity contribution is -0.115. The number of carbonyl (C=O) groups excluding carboxylic acids is 1. The Kier molecular flexibility index (Phi) is 6.30. The highest BCUT2D eigenvalue weighted by atomic mass is 35.5. The van der Waals surface area contributed by atoms with E-state index in [2.05, 4.69) is 14.9 Å². The molecule has 1 N–H and O–H groups in total. The number of benzene rings is 2. The number of hydrogen-bond acceptors (Lipinski definition) is 5. The first-order chi connectivity index (χ1) is 15.4. The number of ether oxygens (including phenoxy) is 2. The fourth-order valence-electron chi connectivity index (χ4n) is 3.54. The van der Waals surface area contributed by atoms with E-state index >= 15 is 0 Å². The Morgan fingerprint density at radius 2 is 1.81 bits per heavy atom. The number of rotatable bonds is 5. The maximum absolute atomic E-state index is 12.6. The maximum Gasteiger partial charge on any atom is 0.264 e. The number of hydrogen-bond donors (Lipinski definition) is 1. The Hall–Kier alpha value is -3.16. The van der Waals surface area contributed by atoms with Gasteiger partial charge in [-0.15, -0.1) is 0 Å². The smallest absolute Gasteiger partial charge is 0.264 e. The molecule has 32 heavy (non-hydrogen) atoms. The molecule has 1 aromatic heterocycles. The molecule has 1 saturated heterocycles. The van der Waals surface area contributed by atoms with E-state index in [1.54, 1.807) is 20.3 Å². The lowest BCUT2D eigenvalue weighted by Crippen LogP contribution is -2.19. The summed E-state index contributed by atoms with van der Waals surface area (Å²) in [5.74, 6) is 1.30. The quantitative estimate of drug-likeness (QED) is 0.492. The minimum atomic E-state index is -0.174. The summed E-state index contributed by atoms with van der Waals surface area (Å²) in [7, 11) is 3.25. The van der Waals surface area contributed by atoms with Gasteiger partial charge in [-0.05, 0) is 85.8 Å². The molecule has 2 heterocycles. The number of carbonyl (C=O) groups is 1. The number of aliphatic imine (C=N–C) groups is 1. The number of nitrogens with zero attached hydrogens (tertiary/aromatic N) is 2. The van der Waals surface area contributed by atoms with E-state index in [0.717, 1.165) is 39.8 Å². The second-order valence-corrected chi connectivity index (χ2v) is 8.62. The van der Waals surface area contributed by atoms with Gasteiger partial charge < -0.3 is 19.4 Å². The zero-order chi connectivity index (χ0) is 22.8. The Morgan fingerprint density at radius 3 is 2.50 bits per heavy atom. The van der Waals surface area contributed by atoms with Gasteiger partial charge in [0, 0.05) is 16.4 Å². The van der Waals surface area contributed by atoms with Crippen LogP contribution < -0.4 is 14.8 Å². The highest BCUT2D eigenvalue weighted by Crippen LogP contribution is 2.33. The molecule has 164 valence electrons. The molecule has 0 bridgehead atoms. The topological polar surface area (TPSA) is 64.8 Å². The normalized spacial score (nSPS) is 16.0. The van der Waals surface area contributed by atoms with Crippen LogP contribution in [0.1, 0.15) is 17.0 Å². The number of methoxy groups -OCH3 is 2. The molecule has 0 unspecified atom stereocenters. The van der Waals surface area contributed by atoms with Gasteiger partial charge >= 0.3 is 0 Å². The van der Waals surface area contributed by atoms with Gasteiger partial charge in [-0.1, -0.05) is 11.6 Å². The number of thioether (sulfide) groups is 1. The zero-order valence-corrected chi connectivity index (χ0v) is 19.7. The molecule has 4 rings (SSSR count). The first-order valence-corrected chi connectivity index (χ1v) is 11.1. The molecule has 3 aromatic rings. The summed E-state index contributed by atoms with van der Waals surface area (Å²) in [4.78, 5) is 17.6. The summed E-state index contributed by atoms with van der Waals surface area (Å²) in [5.41, 5.74) is 4.51. The molecule has 1 aliphatic heterocycles. The standard InChI is InChI=1S/C24H22ClN3O3S/c1-14-11-16(15(2)28(14)20-13-17(25)5-10-21(20)31-4)12-22-23(29)27-24(32-22)26-18-6-8-19(30-3)9-7-18/h5-13H,1-4H3,(H,26,27,29)/b22-12+. The summed E-state index contributed by atoms with van der Waals surface area (Å²) in [6, 6.07) is 14.9. The number of halogens is 1. The van der Waals surface area contributed by atoms with Crippen LogP contribution in [-0.4, -0.2) is 29.9 Å². The van der Waals surface area contributed by atoms with E-state index < -0.39 is 0 Å². The molecule has 0 aliphatic carbocycles. The molecule has 6 nitrogen and oxygen atoms in total. The van der Waals surface area contributed by atoms with Crippen molar-refractivity contribution >= 4 is 46.2 Å². The highest BCUT2D eigenvalue weighted by molar-refractivity contribution is 8.18. The SMILES string of the molecule is COc1ccc(N=C2NC(=O)/C(=C\c3cc(C)n(-c4cc(Cl)ccc4OC)c3C)S2)cc1. The number of aromatic nitrogens is 1. The number of aryl methyl sites for hydroxylation is 1. The number of amides is 1. The van der Waals surface area contributed by atoms with Gasteiger partial charge in [0.25, 0.3) is 5.91 Å². The number of amidine groups is 1. The van der Waals surface area contributed by atoms with E-state index in [0.29, 0.717) is 15.1 Å². The summed E-state index contributed by atoms with van der Waals surface area (Å²) in [6.45, 7) is 4.01. The molecule has 0 radical (unpaired) electrons. The molecular formula is C24H22ClN3O3S. The van der Waals surface area contributed by atoms with Crippen molar-refractivity contribution in [2.24, 2.45) is 4.99 Å². The Labute approximate surface area is 195 Å². The molecule has 8 heteroatoms. The molecule has 0 saturated carbocycles. The zero-order valence-electron chi connectivity index (χ0n) is 18.1. The van der Waals surface area contributed by atoms with Crippen molar-refractivity contribution in [1.82, 2.24) is 9.88 Å². The van der Waals surface area contributed by atoms with E-state index in [1.165, 1.54) is 11.8 Å². The van der Waals surface area contributed by atoms with Crippen molar-refractivity contribution < 1.29 is 14.3 Å². The monoisotopic (exact) mass is 467 g/mol. The summed E-state index contributed by atoms with van der Waals surface area (Å²) in [6.07, 6.45) is 1.88. The van der Waals surface area contributed by atoms with Crippen molar-refractivity contribution in [1.29, 1.82) is 0 Å². The van der Waals surface area contributed by atoms with Crippen LogP contribution in [0.3, 0.4) is 0 Å². The van der Waals surface area contributed by atoms with Crippen LogP contribution in [0.15, 0.2) is 58.4 Å². The van der Waals surface area contributed by atoms with Gasteiger partial charge in [-0.25, -0.2) is 4.99 Å². The van der Waals surface area contributed by atoms with Gasteiger partial charge in [0.15, 0.2) is 5.17 Å². The summed E-state index contributed by atoms with van der Waals surface area (Å²) in [5, 5.41) is 3.99. The lowest BCUT2D eigenvalue weighted by atomic mass is 10.2. The second kappa shape index (κ2) is 9.14. The fraction of sp³-hybridized carbons (Fsp3) is 0.167. The van der Waals surface area contributed by atoms with Crippen LogP contribution in [0, 0.1) is 13.8 Å². The van der Waals surface area contributed by atoms with Gasteiger partial charge in [-0.2, -0.15) is 0 Å². The first kappa shape index (κ1) is 22.0. The van der Waals surface area contributed by atoms with Gasteiger partial charge in [0.1, 0.15) is 11.5 Å². The third kappa shape index (κ3) is 4.40. The van der Waals surface area contributed by atoms with Crippen LogP contribution in [-0.2, 0) is 4.79 Å². The Morgan fingerprint density at radius 1 is 1.06 bits per heavy atom. The van der Waals surface area contributed by atoms with Gasteiger partial charge in [0.2, 0.25) is 0 Å². The van der Waals surface area contributed by atoms with Crippen molar-refractivity contribution in [3.63, 3.8) is 0 Å². The molecular weight excluding hydrogens is 446 g/mol. The third-order valence-corrected chi connectivity index (χ3v) is 6.24. The van der Waals surface area contributed by atoms with Crippen molar-refractivity contribution in [3.8, 4) is 17.2 Å². The van der Waals surface area contributed by atoms with E-state index in [1.807, 2.05) is 62.4 Å². The van der Waals surface area contributed by atoms with E-state index in [9.17, 15) is 4.79 Å². The average Bonchev–Trinajstić information content (AvgIpc) is 3.26. The van der Waals surface area contributed by atoms with E-state index in [-0.39, 0.29) is 5.91 Å². The van der Waals surface area contributed by atoms with Crippen LogP contribution >= 0.6 is 23.4 Å². The van der Waals surface area contributed by atoms with Gasteiger partial charge in [0.05, 0.1) is 30.5 Å².